The lowest BCUT2D eigenvalue weighted by atomic mass is 9.77. The van der Waals surface area contributed by atoms with Gasteiger partial charge in [0.2, 0.25) is 0 Å². The summed E-state index contributed by atoms with van der Waals surface area (Å²) in [5.74, 6) is 0. The van der Waals surface area contributed by atoms with E-state index in [1.165, 1.54) is 6.42 Å². The third kappa shape index (κ3) is 1.64. The van der Waals surface area contributed by atoms with Crippen LogP contribution in [0.25, 0.3) is 0 Å². The van der Waals surface area contributed by atoms with Crippen LogP contribution < -0.4 is 0 Å². The molecule has 0 aliphatic carbocycles. The highest BCUT2D eigenvalue weighted by Crippen LogP contribution is 2.40. The predicted octanol–water partition coefficient (Wildman–Crippen LogP) is 1.49. The van der Waals surface area contributed by atoms with E-state index < -0.39 is 5.60 Å². The first-order valence-corrected chi connectivity index (χ1v) is 4.68. The molecule has 2 nitrogen and oxygen atoms in total. The molecule has 1 saturated heterocycles. The first-order valence-electron chi connectivity index (χ1n) is 4.68. The number of hydrogen-bond acceptors (Lipinski definition) is 2. The summed E-state index contributed by atoms with van der Waals surface area (Å²) in [6.07, 6.45) is 1.18. The Bertz CT molecular complexity index is 169. The van der Waals surface area contributed by atoms with Crippen LogP contribution in [0, 0.1) is 5.41 Å². The van der Waals surface area contributed by atoms with Gasteiger partial charge in [-0.15, -0.1) is 0 Å². The molecule has 0 spiro atoms. The van der Waals surface area contributed by atoms with Crippen LogP contribution in [0.1, 0.15) is 34.1 Å². The second kappa shape index (κ2) is 2.71. The van der Waals surface area contributed by atoms with Crippen molar-refractivity contribution in [1.82, 2.24) is 4.90 Å². The number of aliphatic hydroxyl groups is 1. The largest absolute Gasteiger partial charge is 0.389 e. The van der Waals surface area contributed by atoms with E-state index in [0.717, 1.165) is 6.54 Å². The number of likely N-dealkylation sites (N-methyl/N-ethyl adjacent to an activating group) is 1. The van der Waals surface area contributed by atoms with Crippen molar-refractivity contribution in [3.63, 3.8) is 0 Å². The lowest BCUT2D eigenvalue weighted by Crippen LogP contribution is -2.50. The average molecular weight is 171 g/mol. The first kappa shape index (κ1) is 10.0. The van der Waals surface area contributed by atoms with E-state index in [1.807, 2.05) is 13.8 Å². The Labute approximate surface area is 75.6 Å². The molecule has 0 amide bonds. The van der Waals surface area contributed by atoms with E-state index in [2.05, 4.69) is 25.8 Å². The Morgan fingerprint density at radius 1 is 1.42 bits per heavy atom. The Morgan fingerprint density at radius 3 is 2.08 bits per heavy atom. The SMILES string of the molecule is CN1CCC(C)(C)C1C(C)(C)O. The van der Waals surface area contributed by atoms with Crippen molar-refractivity contribution in [3.05, 3.63) is 0 Å². The lowest BCUT2D eigenvalue weighted by molar-refractivity contribution is -0.0301. The van der Waals surface area contributed by atoms with E-state index >= 15 is 0 Å². The third-order valence-electron chi connectivity index (χ3n) is 2.96. The fraction of sp³-hybridized carbons (Fsp3) is 1.00. The molecule has 1 rings (SSSR count). The van der Waals surface area contributed by atoms with Gasteiger partial charge >= 0.3 is 0 Å². The van der Waals surface area contributed by atoms with E-state index in [4.69, 9.17) is 0 Å². The van der Waals surface area contributed by atoms with Crippen LogP contribution in [0.15, 0.2) is 0 Å². The molecule has 0 aromatic heterocycles. The summed E-state index contributed by atoms with van der Waals surface area (Å²) in [4.78, 5) is 2.26. The molecule has 2 heteroatoms. The van der Waals surface area contributed by atoms with E-state index in [9.17, 15) is 5.11 Å². The van der Waals surface area contributed by atoms with Gasteiger partial charge in [0, 0.05) is 6.04 Å². The van der Waals surface area contributed by atoms with Crippen LogP contribution in [-0.4, -0.2) is 35.2 Å². The molecule has 0 aromatic rings. The highest BCUT2D eigenvalue weighted by Gasteiger charge is 2.46. The Morgan fingerprint density at radius 2 is 1.92 bits per heavy atom. The zero-order valence-electron chi connectivity index (χ0n) is 8.89. The molecule has 1 atom stereocenters. The van der Waals surface area contributed by atoms with E-state index in [-0.39, 0.29) is 11.5 Å². The van der Waals surface area contributed by atoms with Gasteiger partial charge in [0.05, 0.1) is 5.60 Å². The third-order valence-corrected chi connectivity index (χ3v) is 2.96. The van der Waals surface area contributed by atoms with Crippen molar-refractivity contribution in [1.29, 1.82) is 0 Å². The Hall–Kier alpha value is -0.0800. The van der Waals surface area contributed by atoms with Crippen molar-refractivity contribution in [2.75, 3.05) is 13.6 Å². The topological polar surface area (TPSA) is 23.5 Å². The van der Waals surface area contributed by atoms with Crippen molar-refractivity contribution < 1.29 is 5.11 Å². The molecular weight excluding hydrogens is 150 g/mol. The molecule has 1 unspecified atom stereocenters. The average Bonchev–Trinajstić information content (AvgIpc) is 2.03. The van der Waals surface area contributed by atoms with Gasteiger partial charge in [0.1, 0.15) is 0 Å². The molecule has 1 heterocycles. The zero-order valence-corrected chi connectivity index (χ0v) is 8.89. The number of rotatable bonds is 1. The van der Waals surface area contributed by atoms with Crippen molar-refractivity contribution >= 4 is 0 Å². The normalized spacial score (nSPS) is 31.0. The molecule has 0 aromatic carbocycles. The fourth-order valence-corrected chi connectivity index (χ4v) is 2.82. The Kier molecular flexibility index (Phi) is 2.26. The molecule has 0 saturated carbocycles. The molecule has 1 aliphatic rings. The van der Waals surface area contributed by atoms with Crippen molar-refractivity contribution in [2.24, 2.45) is 5.41 Å². The van der Waals surface area contributed by atoms with Crippen molar-refractivity contribution in [3.8, 4) is 0 Å². The van der Waals surface area contributed by atoms with Crippen LogP contribution in [0.5, 0.6) is 0 Å². The molecule has 0 radical (unpaired) electrons. The molecule has 72 valence electrons. The number of hydrogen-bond donors (Lipinski definition) is 1. The Balaban J connectivity index is 2.86. The predicted molar refractivity (Wildman–Crippen MR) is 51.1 cm³/mol. The van der Waals surface area contributed by atoms with Gasteiger partial charge < -0.3 is 10.0 Å². The maximum absolute atomic E-state index is 9.98. The zero-order chi connectivity index (χ0) is 9.57. The minimum absolute atomic E-state index is 0.243. The summed E-state index contributed by atoms with van der Waals surface area (Å²) in [7, 11) is 2.09. The fourth-order valence-electron chi connectivity index (χ4n) is 2.82. The van der Waals surface area contributed by atoms with E-state index in [1.54, 1.807) is 0 Å². The first-order chi connectivity index (χ1) is 5.25. The van der Waals surface area contributed by atoms with Gasteiger partial charge in [-0.05, 0) is 39.3 Å². The standard InChI is InChI=1S/C10H21NO/c1-9(2)6-7-11(5)8(9)10(3,4)12/h8,12H,6-7H2,1-5H3. The number of nitrogens with zero attached hydrogens (tertiary/aromatic N) is 1. The highest BCUT2D eigenvalue weighted by molar-refractivity contribution is 5.00. The van der Waals surface area contributed by atoms with Crippen LogP contribution in [0.3, 0.4) is 0 Å². The smallest absolute Gasteiger partial charge is 0.0751 e. The minimum Gasteiger partial charge on any atom is -0.389 e. The summed E-state index contributed by atoms with van der Waals surface area (Å²) in [5, 5.41) is 9.98. The summed E-state index contributed by atoms with van der Waals surface area (Å²) >= 11 is 0. The van der Waals surface area contributed by atoms with E-state index in [0.29, 0.717) is 0 Å². The maximum Gasteiger partial charge on any atom is 0.0751 e. The van der Waals surface area contributed by atoms with Crippen LogP contribution in [0.4, 0.5) is 0 Å². The monoisotopic (exact) mass is 171 g/mol. The highest BCUT2D eigenvalue weighted by atomic mass is 16.3. The molecule has 0 bridgehead atoms. The summed E-state index contributed by atoms with van der Waals surface area (Å²) in [5.41, 5.74) is -0.345. The van der Waals surface area contributed by atoms with Gasteiger partial charge in [-0.3, -0.25) is 0 Å². The second-order valence-electron chi connectivity index (χ2n) is 5.28. The molecule has 12 heavy (non-hydrogen) atoms. The van der Waals surface area contributed by atoms with Gasteiger partial charge in [0.25, 0.3) is 0 Å². The molecule has 1 fully saturated rings. The van der Waals surface area contributed by atoms with Gasteiger partial charge in [-0.1, -0.05) is 13.8 Å². The molecular formula is C10H21NO. The quantitative estimate of drug-likeness (QED) is 0.646. The van der Waals surface area contributed by atoms with Gasteiger partial charge in [-0.25, -0.2) is 0 Å². The van der Waals surface area contributed by atoms with Gasteiger partial charge in [-0.2, -0.15) is 0 Å². The maximum atomic E-state index is 9.98. The van der Waals surface area contributed by atoms with Crippen LogP contribution in [-0.2, 0) is 0 Å². The summed E-state index contributed by atoms with van der Waals surface area (Å²) < 4.78 is 0. The molecule has 1 N–H and O–H groups in total. The molecule has 1 aliphatic heterocycles. The summed E-state index contributed by atoms with van der Waals surface area (Å²) in [6.45, 7) is 9.38. The van der Waals surface area contributed by atoms with Crippen LogP contribution >= 0.6 is 0 Å². The lowest BCUT2D eigenvalue weighted by Gasteiger charge is -2.39. The van der Waals surface area contributed by atoms with Gasteiger partial charge in [0.15, 0.2) is 0 Å². The number of likely N-dealkylation sites (tertiary alicyclic amines) is 1. The minimum atomic E-state index is -0.589. The van der Waals surface area contributed by atoms with Crippen LogP contribution in [0.2, 0.25) is 0 Å². The second-order valence-corrected chi connectivity index (χ2v) is 5.28. The summed E-state index contributed by atoms with van der Waals surface area (Å²) in [6, 6.07) is 0.282. The van der Waals surface area contributed by atoms with Crippen molar-refractivity contribution in [2.45, 2.75) is 45.8 Å².